The molecule has 2 aliphatic rings. The molecule has 2 amide bonds. The van der Waals surface area contributed by atoms with Crippen LogP contribution in [0, 0.1) is 5.92 Å². The normalized spacial score (nSPS) is 22.2. The number of benzene rings is 2. The molecule has 1 N–H and O–H groups in total. The molecule has 7 heteroatoms. The molecular weight excluding hydrogens is 378 g/mol. The number of rotatable bonds is 4. The van der Waals surface area contributed by atoms with E-state index in [1.165, 1.54) is 11.1 Å². The lowest BCUT2D eigenvalue weighted by molar-refractivity contribution is -0.127. The smallest absolute Gasteiger partial charge is 0.249 e. The lowest BCUT2D eigenvalue weighted by Gasteiger charge is -2.24. The summed E-state index contributed by atoms with van der Waals surface area (Å²) in [5.41, 5.74) is 1.72. The number of hydrogen-bond donors (Lipinski definition) is 1. The predicted octanol–water partition coefficient (Wildman–Crippen LogP) is 3.82. The van der Waals surface area contributed by atoms with Gasteiger partial charge in [-0.05, 0) is 43.2 Å². The van der Waals surface area contributed by atoms with E-state index in [-0.39, 0.29) is 12.0 Å². The number of fused-ring (bicyclic) bond motifs is 1. The van der Waals surface area contributed by atoms with Crippen molar-refractivity contribution in [1.29, 1.82) is 0 Å². The number of aliphatic imine (C=N–C) groups is 1. The SMILES string of the molecule is O=C1Nc2ccc(Cl)cc2N(c2ccccc2)C(=O)C1C=NCC1CCCO1. The van der Waals surface area contributed by atoms with E-state index in [4.69, 9.17) is 16.3 Å². The van der Waals surface area contributed by atoms with Crippen molar-refractivity contribution in [3.8, 4) is 0 Å². The van der Waals surface area contributed by atoms with E-state index in [2.05, 4.69) is 10.3 Å². The van der Waals surface area contributed by atoms with Gasteiger partial charge in [-0.3, -0.25) is 19.5 Å². The van der Waals surface area contributed by atoms with Crippen LogP contribution in [0.25, 0.3) is 0 Å². The molecule has 2 atom stereocenters. The van der Waals surface area contributed by atoms with E-state index in [0.29, 0.717) is 28.6 Å². The Balaban J connectivity index is 1.69. The van der Waals surface area contributed by atoms with E-state index >= 15 is 0 Å². The first kappa shape index (κ1) is 18.7. The highest BCUT2D eigenvalue weighted by Crippen LogP contribution is 2.37. The minimum Gasteiger partial charge on any atom is -0.376 e. The molecule has 0 bridgehead atoms. The molecule has 144 valence electrons. The molecule has 2 aromatic rings. The van der Waals surface area contributed by atoms with Crippen LogP contribution < -0.4 is 10.2 Å². The number of nitrogens with one attached hydrogen (secondary N) is 1. The van der Waals surface area contributed by atoms with Gasteiger partial charge in [0.1, 0.15) is 0 Å². The molecule has 0 spiro atoms. The third-order valence-corrected chi connectivity index (χ3v) is 5.06. The summed E-state index contributed by atoms with van der Waals surface area (Å²) in [4.78, 5) is 32.0. The molecule has 28 heavy (non-hydrogen) atoms. The summed E-state index contributed by atoms with van der Waals surface area (Å²) in [6.07, 6.45) is 3.45. The van der Waals surface area contributed by atoms with E-state index in [9.17, 15) is 9.59 Å². The lowest BCUT2D eigenvalue weighted by atomic mass is 10.1. The summed E-state index contributed by atoms with van der Waals surface area (Å²) in [7, 11) is 0. The number of halogens is 1. The molecule has 2 unspecified atom stereocenters. The summed E-state index contributed by atoms with van der Waals surface area (Å²) in [6.45, 7) is 1.18. The van der Waals surface area contributed by atoms with Crippen LogP contribution in [-0.4, -0.2) is 37.3 Å². The summed E-state index contributed by atoms with van der Waals surface area (Å²) in [5, 5.41) is 3.30. The van der Waals surface area contributed by atoms with Crippen molar-refractivity contribution in [2.75, 3.05) is 23.4 Å². The van der Waals surface area contributed by atoms with Crippen LogP contribution in [0.5, 0.6) is 0 Å². The molecule has 2 heterocycles. The largest absolute Gasteiger partial charge is 0.376 e. The number of ether oxygens (including phenoxy) is 1. The first-order valence-electron chi connectivity index (χ1n) is 9.24. The van der Waals surface area contributed by atoms with Gasteiger partial charge in [0.15, 0.2) is 5.92 Å². The van der Waals surface area contributed by atoms with Gasteiger partial charge in [0.25, 0.3) is 0 Å². The van der Waals surface area contributed by atoms with Crippen molar-refractivity contribution in [2.24, 2.45) is 10.9 Å². The number of carbonyl (C=O) groups excluding carboxylic acids is 2. The van der Waals surface area contributed by atoms with Crippen molar-refractivity contribution < 1.29 is 14.3 Å². The molecule has 0 radical (unpaired) electrons. The van der Waals surface area contributed by atoms with Crippen LogP contribution in [-0.2, 0) is 14.3 Å². The minimum absolute atomic E-state index is 0.0569. The Hall–Kier alpha value is -2.70. The zero-order chi connectivity index (χ0) is 19.5. The fourth-order valence-corrected chi connectivity index (χ4v) is 3.59. The van der Waals surface area contributed by atoms with Gasteiger partial charge in [0.2, 0.25) is 11.8 Å². The Labute approximate surface area is 168 Å². The van der Waals surface area contributed by atoms with E-state index in [1.54, 1.807) is 18.2 Å². The minimum atomic E-state index is -1.03. The highest BCUT2D eigenvalue weighted by molar-refractivity contribution is 6.32. The van der Waals surface area contributed by atoms with Crippen molar-refractivity contribution >= 4 is 46.7 Å². The van der Waals surface area contributed by atoms with E-state index < -0.39 is 11.8 Å². The number of anilines is 3. The summed E-state index contributed by atoms with van der Waals surface area (Å²) in [6, 6.07) is 14.2. The second-order valence-electron chi connectivity index (χ2n) is 6.79. The van der Waals surface area contributed by atoms with Gasteiger partial charge < -0.3 is 10.1 Å². The van der Waals surface area contributed by atoms with Gasteiger partial charge in [0.05, 0.1) is 24.0 Å². The van der Waals surface area contributed by atoms with Crippen LogP contribution in [0.2, 0.25) is 5.02 Å². The Kier molecular flexibility index (Phi) is 5.41. The molecule has 2 aliphatic heterocycles. The van der Waals surface area contributed by atoms with Gasteiger partial charge in [-0.1, -0.05) is 29.8 Å². The van der Waals surface area contributed by atoms with Crippen LogP contribution in [0.15, 0.2) is 53.5 Å². The van der Waals surface area contributed by atoms with E-state index in [0.717, 1.165) is 19.4 Å². The average molecular weight is 398 g/mol. The predicted molar refractivity (Wildman–Crippen MR) is 109 cm³/mol. The van der Waals surface area contributed by atoms with Crippen molar-refractivity contribution in [3.05, 3.63) is 53.6 Å². The molecule has 0 saturated carbocycles. The van der Waals surface area contributed by atoms with Crippen LogP contribution in [0.3, 0.4) is 0 Å². The number of nitrogens with zero attached hydrogens (tertiary/aromatic N) is 2. The van der Waals surface area contributed by atoms with Gasteiger partial charge >= 0.3 is 0 Å². The molecular formula is C21H20ClN3O3. The molecule has 0 aliphatic carbocycles. The maximum absolute atomic E-state index is 13.4. The summed E-state index contributed by atoms with van der Waals surface area (Å²) >= 11 is 6.17. The van der Waals surface area contributed by atoms with Crippen LogP contribution >= 0.6 is 11.6 Å². The van der Waals surface area contributed by atoms with Gasteiger partial charge in [-0.25, -0.2) is 0 Å². The van der Waals surface area contributed by atoms with Crippen molar-refractivity contribution in [3.63, 3.8) is 0 Å². The molecule has 4 rings (SSSR count). The number of hydrogen-bond acceptors (Lipinski definition) is 4. The van der Waals surface area contributed by atoms with Gasteiger partial charge in [-0.15, -0.1) is 0 Å². The maximum Gasteiger partial charge on any atom is 0.249 e. The van der Waals surface area contributed by atoms with Crippen molar-refractivity contribution in [2.45, 2.75) is 18.9 Å². The summed E-state index contributed by atoms with van der Waals surface area (Å²) < 4.78 is 5.55. The average Bonchev–Trinajstić information content (AvgIpc) is 3.18. The lowest BCUT2D eigenvalue weighted by Crippen LogP contribution is -2.37. The Morgan fingerprint density at radius 2 is 2.04 bits per heavy atom. The number of amides is 2. The standard InChI is InChI=1S/C21H20ClN3O3/c22-14-8-9-18-19(11-14)25(15-5-2-1-3-6-15)21(27)17(20(26)24-18)13-23-12-16-7-4-10-28-16/h1-3,5-6,8-9,11,13,16-17H,4,7,10,12H2,(H,24,26). The highest BCUT2D eigenvalue weighted by Gasteiger charge is 2.36. The topological polar surface area (TPSA) is 71.0 Å². The third kappa shape index (κ3) is 3.79. The zero-order valence-corrected chi connectivity index (χ0v) is 15.9. The summed E-state index contributed by atoms with van der Waals surface area (Å²) in [5.74, 6) is -1.82. The van der Waals surface area contributed by atoms with Gasteiger partial charge in [-0.2, -0.15) is 0 Å². The fourth-order valence-electron chi connectivity index (χ4n) is 3.42. The molecule has 2 aromatic carbocycles. The van der Waals surface area contributed by atoms with Gasteiger partial charge in [0, 0.05) is 23.5 Å². The van der Waals surface area contributed by atoms with E-state index in [1.807, 2.05) is 30.3 Å². The quantitative estimate of drug-likeness (QED) is 0.629. The maximum atomic E-state index is 13.4. The Bertz CT molecular complexity index is 910. The Morgan fingerprint density at radius 1 is 1.21 bits per heavy atom. The number of carbonyl (C=O) groups is 2. The number of para-hydroxylation sites is 1. The molecule has 0 aromatic heterocycles. The highest BCUT2D eigenvalue weighted by atomic mass is 35.5. The van der Waals surface area contributed by atoms with Crippen LogP contribution in [0.1, 0.15) is 12.8 Å². The first-order valence-corrected chi connectivity index (χ1v) is 9.62. The van der Waals surface area contributed by atoms with Crippen molar-refractivity contribution in [1.82, 2.24) is 0 Å². The molecule has 1 saturated heterocycles. The monoisotopic (exact) mass is 397 g/mol. The Morgan fingerprint density at radius 3 is 2.79 bits per heavy atom. The zero-order valence-electron chi connectivity index (χ0n) is 15.2. The fraction of sp³-hybridized carbons (Fsp3) is 0.286. The first-order chi connectivity index (χ1) is 13.6. The second-order valence-corrected chi connectivity index (χ2v) is 7.22. The third-order valence-electron chi connectivity index (χ3n) is 4.83. The molecule has 1 fully saturated rings. The van der Waals surface area contributed by atoms with Crippen LogP contribution in [0.4, 0.5) is 17.1 Å². The second kappa shape index (κ2) is 8.12. The molecule has 6 nitrogen and oxygen atoms in total.